The molecule has 1 amide bonds. The smallest absolute Gasteiger partial charge is 0.336 e. The van der Waals surface area contributed by atoms with Gasteiger partial charge in [-0.05, 0) is 55.0 Å². The molecule has 0 spiro atoms. The molecule has 0 fully saturated rings. The van der Waals surface area contributed by atoms with Crippen LogP contribution in [0.1, 0.15) is 45.8 Å². The number of aromatic carboxylic acids is 1. The predicted octanol–water partition coefficient (Wildman–Crippen LogP) is 3.75. The molecular formula is C19H19NO3. The number of carboxylic acid groups (broad SMARTS) is 1. The lowest BCUT2D eigenvalue weighted by molar-refractivity contribution is -0.117. The summed E-state index contributed by atoms with van der Waals surface area (Å²) in [7, 11) is 0. The van der Waals surface area contributed by atoms with Crippen molar-refractivity contribution in [2.45, 2.75) is 32.1 Å². The maximum Gasteiger partial charge on any atom is 0.336 e. The second-order valence-electron chi connectivity index (χ2n) is 5.97. The second kappa shape index (κ2) is 6.24. The predicted molar refractivity (Wildman–Crippen MR) is 88.9 cm³/mol. The molecule has 0 radical (unpaired) electrons. The Kier molecular flexibility index (Phi) is 4.15. The number of carboxylic acids is 1. The van der Waals surface area contributed by atoms with E-state index in [0.717, 1.165) is 24.8 Å². The number of carbonyl (C=O) groups excluding carboxylic acids is 1. The van der Waals surface area contributed by atoms with Gasteiger partial charge in [0.15, 0.2) is 0 Å². The number of fused-ring (bicyclic) bond motifs is 1. The van der Waals surface area contributed by atoms with Gasteiger partial charge in [0, 0.05) is 5.69 Å². The van der Waals surface area contributed by atoms with Crippen molar-refractivity contribution >= 4 is 17.6 Å². The highest BCUT2D eigenvalue weighted by atomic mass is 16.4. The Morgan fingerprint density at radius 3 is 2.74 bits per heavy atom. The highest BCUT2D eigenvalue weighted by Gasteiger charge is 2.26. The fourth-order valence-electron chi connectivity index (χ4n) is 3.19. The normalized spacial score (nSPS) is 16.5. The number of amides is 1. The van der Waals surface area contributed by atoms with Gasteiger partial charge in [-0.1, -0.05) is 30.3 Å². The molecule has 0 bridgehead atoms. The number of benzene rings is 2. The molecule has 3 rings (SSSR count). The quantitative estimate of drug-likeness (QED) is 0.907. The van der Waals surface area contributed by atoms with E-state index in [2.05, 4.69) is 11.4 Å². The van der Waals surface area contributed by atoms with Crippen molar-refractivity contribution in [3.8, 4) is 0 Å². The average Bonchev–Trinajstić information content (AvgIpc) is 2.55. The third-order valence-corrected chi connectivity index (χ3v) is 4.42. The molecule has 4 heteroatoms. The fraction of sp³-hybridized carbons (Fsp3) is 0.263. The highest BCUT2D eigenvalue weighted by molar-refractivity contribution is 5.98. The lowest BCUT2D eigenvalue weighted by Crippen LogP contribution is -2.24. The van der Waals surface area contributed by atoms with Crippen molar-refractivity contribution in [1.82, 2.24) is 0 Å². The molecule has 0 aromatic heterocycles. The Morgan fingerprint density at radius 2 is 1.96 bits per heavy atom. The number of hydrogen-bond donors (Lipinski definition) is 2. The Morgan fingerprint density at radius 1 is 1.17 bits per heavy atom. The van der Waals surface area contributed by atoms with Gasteiger partial charge < -0.3 is 10.4 Å². The second-order valence-corrected chi connectivity index (χ2v) is 5.97. The summed E-state index contributed by atoms with van der Waals surface area (Å²) < 4.78 is 0. The van der Waals surface area contributed by atoms with Crippen LogP contribution in [0.2, 0.25) is 0 Å². The van der Waals surface area contributed by atoms with Crippen LogP contribution in [0.25, 0.3) is 0 Å². The van der Waals surface area contributed by atoms with Gasteiger partial charge in [0.05, 0.1) is 11.5 Å². The largest absolute Gasteiger partial charge is 0.478 e. The number of aryl methyl sites for hydroxylation is 2. The van der Waals surface area contributed by atoms with Gasteiger partial charge in [-0.25, -0.2) is 4.79 Å². The lowest BCUT2D eigenvalue weighted by Gasteiger charge is -2.24. The Balaban J connectivity index is 1.83. The van der Waals surface area contributed by atoms with Crippen molar-refractivity contribution in [2.24, 2.45) is 0 Å². The van der Waals surface area contributed by atoms with Crippen LogP contribution in [0, 0.1) is 6.92 Å². The maximum atomic E-state index is 12.6. The minimum Gasteiger partial charge on any atom is -0.478 e. The van der Waals surface area contributed by atoms with Crippen molar-refractivity contribution in [2.75, 3.05) is 5.32 Å². The molecule has 0 saturated heterocycles. The lowest BCUT2D eigenvalue weighted by atomic mass is 9.82. The molecule has 2 N–H and O–H groups in total. The third kappa shape index (κ3) is 3.11. The SMILES string of the molecule is Cc1ccc(NC(=O)C2CCCc3ccccc32)cc1C(=O)O. The molecule has 1 atom stereocenters. The van der Waals surface area contributed by atoms with Crippen molar-refractivity contribution in [3.63, 3.8) is 0 Å². The number of rotatable bonds is 3. The molecule has 0 aliphatic heterocycles. The average molecular weight is 309 g/mol. The van der Waals surface area contributed by atoms with Crippen LogP contribution in [-0.2, 0) is 11.2 Å². The monoisotopic (exact) mass is 309 g/mol. The van der Waals surface area contributed by atoms with Crippen molar-refractivity contribution < 1.29 is 14.7 Å². The Hall–Kier alpha value is -2.62. The standard InChI is InChI=1S/C19H19NO3/c1-12-9-10-14(11-17(12)19(22)23)20-18(21)16-8-4-6-13-5-2-3-7-15(13)16/h2-3,5,7,9-11,16H,4,6,8H2,1H3,(H,20,21)(H,22,23). The molecule has 0 heterocycles. The molecular weight excluding hydrogens is 290 g/mol. The Labute approximate surface area is 135 Å². The van der Waals surface area contributed by atoms with Crippen LogP contribution < -0.4 is 5.32 Å². The topological polar surface area (TPSA) is 66.4 Å². The summed E-state index contributed by atoms with van der Waals surface area (Å²) in [4.78, 5) is 23.9. The number of anilines is 1. The van der Waals surface area contributed by atoms with E-state index in [1.54, 1.807) is 19.1 Å². The van der Waals surface area contributed by atoms with E-state index < -0.39 is 5.97 Å². The first-order chi connectivity index (χ1) is 11.1. The fourth-order valence-corrected chi connectivity index (χ4v) is 3.19. The summed E-state index contributed by atoms with van der Waals surface area (Å²) in [6, 6.07) is 13.0. The van der Waals surface area contributed by atoms with Crippen molar-refractivity contribution in [1.29, 1.82) is 0 Å². The maximum absolute atomic E-state index is 12.6. The van der Waals surface area contributed by atoms with Gasteiger partial charge in [0.25, 0.3) is 0 Å². The van der Waals surface area contributed by atoms with Gasteiger partial charge in [-0.15, -0.1) is 0 Å². The summed E-state index contributed by atoms with van der Waals surface area (Å²) in [6.45, 7) is 1.74. The van der Waals surface area contributed by atoms with E-state index >= 15 is 0 Å². The molecule has 118 valence electrons. The zero-order valence-electron chi connectivity index (χ0n) is 13.0. The molecule has 2 aromatic rings. The molecule has 1 aliphatic carbocycles. The first-order valence-corrected chi connectivity index (χ1v) is 7.79. The van der Waals surface area contributed by atoms with E-state index in [9.17, 15) is 14.7 Å². The van der Waals surface area contributed by atoms with E-state index in [-0.39, 0.29) is 17.4 Å². The van der Waals surface area contributed by atoms with Crippen LogP contribution in [-0.4, -0.2) is 17.0 Å². The number of hydrogen-bond acceptors (Lipinski definition) is 2. The van der Waals surface area contributed by atoms with Gasteiger partial charge >= 0.3 is 5.97 Å². The van der Waals surface area contributed by atoms with Gasteiger partial charge in [-0.3, -0.25) is 4.79 Å². The minimum atomic E-state index is -0.985. The van der Waals surface area contributed by atoms with E-state index in [1.165, 1.54) is 11.6 Å². The van der Waals surface area contributed by atoms with Gasteiger partial charge in [0.2, 0.25) is 5.91 Å². The molecule has 1 unspecified atom stereocenters. The number of carbonyl (C=O) groups is 2. The van der Waals surface area contributed by atoms with Crippen LogP contribution in [0.15, 0.2) is 42.5 Å². The number of nitrogens with one attached hydrogen (secondary N) is 1. The summed E-state index contributed by atoms with van der Waals surface area (Å²) in [6.07, 6.45) is 2.82. The minimum absolute atomic E-state index is 0.0719. The van der Waals surface area contributed by atoms with E-state index in [0.29, 0.717) is 11.3 Å². The van der Waals surface area contributed by atoms with Crippen LogP contribution in [0.5, 0.6) is 0 Å². The molecule has 1 aliphatic rings. The molecule has 23 heavy (non-hydrogen) atoms. The van der Waals surface area contributed by atoms with Gasteiger partial charge in [0.1, 0.15) is 0 Å². The summed E-state index contributed by atoms with van der Waals surface area (Å²) in [5, 5.41) is 12.1. The zero-order chi connectivity index (χ0) is 16.4. The van der Waals surface area contributed by atoms with E-state index in [4.69, 9.17) is 0 Å². The summed E-state index contributed by atoms with van der Waals surface area (Å²) in [5.74, 6) is -1.23. The molecule has 0 saturated carbocycles. The van der Waals surface area contributed by atoms with Crippen molar-refractivity contribution in [3.05, 3.63) is 64.7 Å². The van der Waals surface area contributed by atoms with Gasteiger partial charge in [-0.2, -0.15) is 0 Å². The first-order valence-electron chi connectivity index (χ1n) is 7.79. The highest BCUT2D eigenvalue weighted by Crippen LogP contribution is 2.32. The van der Waals surface area contributed by atoms with E-state index in [1.807, 2.05) is 18.2 Å². The summed E-state index contributed by atoms with van der Waals surface area (Å²) in [5.41, 5.74) is 3.74. The molecule has 4 nitrogen and oxygen atoms in total. The molecule has 2 aromatic carbocycles. The third-order valence-electron chi connectivity index (χ3n) is 4.42. The first kappa shape index (κ1) is 15.3. The zero-order valence-corrected chi connectivity index (χ0v) is 13.0. The summed E-state index contributed by atoms with van der Waals surface area (Å²) >= 11 is 0. The van der Waals surface area contributed by atoms with Crippen LogP contribution in [0.3, 0.4) is 0 Å². The van der Waals surface area contributed by atoms with Crippen LogP contribution >= 0.6 is 0 Å². The Bertz CT molecular complexity index is 767. The van der Waals surface area contributed by atoms with Crippen LogP contribution in [0.4, 0.5) is 5.69 Å².